The van der Waals surface area contributed by atoms with E-state index >= 15 is 0 Å². The number of amides is 1. The van der Waals surface area contributed by atoms with Gasteiger partial charge in [0.25, 0.3) is 5.91 Å². The average Bonchev–Trinajstić information content (AvgIpc) is 2.66. The molecule has 1 saturated heterocycles. The van der Waals surface area contributed by atoms with Crippen molar-refractivity contribution >= 4 is 17.5 Å². The Kier molecular flexibility index (Phi) is 5.87. The molecular formula is C20H23N5O2. The maximum absolute atomic E-state index is 12.1. The number of benzene rings is 1. The molecule has 1 aliphatic heterocycles. The van der Waals surface area contributed by atoms with E-state index in [4.69, 9.17) is 10.00 Å². The summed E-state index contributed by atoms with van der Waals surface area (Å²) in [5.74, 6) is 1.34. The second-order valence-corrected chi connectivity index (χ2v) is 6.87. The van der Waals surface area contributed by atoms with E-state index in [9.17, 15) is 4.79 Å². The normalized spacial score (nSPS) is 16.5. The lowest BCUT2D eigenvalue weighted by Gasteiger charge is -2.31. The first kappa shape index (κ1) is 18.6. The highest BCUT2D eigenvalue weighted by molar-refractivity contribution is 5.92. The van der Waals surface area contributed by atoms with Crippen LogP contribution >= 0.6 is 0 Å². The Morgan fingerprint density at radius 1 is 1.41 bits per heavy atom. The van der Waals surface area contributed by atoms with Crippen molar-refractivity contribution in [2.75, 3.05) is 29.9 Å². The van der Waals surface area contributed by atoms with Crippen molar-refractivity contribution in [3.8, 4) is 11.9 Å². The van der Waals surface area contributed by atoms with Gasteiger partial charge in [-0.15, -0.1) is 0 Å². The molecule has 7 nitrogen and oxygen atoms in total. The summed E-state index contributed by atoms with van der Waals surface area (Å²) in [6, 6.07) is 10.5. The quantitative estimate of drug-likeness (QED) is 0.876. The first-order valence-electron chi connectivity index (χ1n) is 9.07. The molecule has 0 aliphatic carbocycles. The van der Waals surface area contributed by atoms with Gasteiger partial charge in [-0.25, -0.2) is 4.98 Å². The van der Waals surface area contributed by atoms with Gasteiger partial charge >= 0.3 is 0 Å². The lowest BCUT2D eigenvalue weighted by Crippen LogP contribution is -2.35. The number of nitrogens with one attached hydrogen (secondary N) is 1. The molecule has 1 aromatic heterocycles. The number of aromatic nitrogens is 2. The van der Waals surface area contributed by atoms with Gasteiger partial charge in [-0.05, 0) is 43.9 Å². The maximum atomic E-state index is 12.1. The zero-order valence-corrected chi connectivity index (χ0v) is 15.6. The third kappa shape index (κ3) is 5.17. The van der Waals surface area contributed by atoms with Gasteiger partial charge in [0.1, 0.15) is 0 Å². The SMILES string of the molecule is Cc1cc(OCC(=O)Nc2cccc(C#N)c2)nc(N2CCC[C@H](C)C2)n1. The molecule has 27 heavy (non-hydrogen) atoms. The van der Waals surface area contributed by atoms with Gasteiger partial charge in [0, 0.05) is 30.5 Å². The first-order valence-corrected chi connectivity index (χ1v) is 9.07. The third-order valence-corrected chi connectivity index (χ3v) is 4.39. The molecule has 1 N–H and O–H groups in total. The highest BCUT2D eigenvalue weighted by atomic mass is 16.5. The molecule has 140 valence electrons. The monoisotopic (exact) mass is 365 g/mol. The number of nitriles is 1. The van der Waals surface area contributed by atoms with Crippen molar-refractivity contribution in [1.29, 1.82) is 5.26 Å². The van der Waals surface area contributed by atoms with E-state index in [-0.39, 0.29) is 12.5 Å². The average molecular weight is 365 g/mol. The molecule has 3 rings (SSSR count). The summed E-state index contributed by atoms with van der Waals surface area (Å²) in [6.45, 7) is 5.81. The first-order chi connectivity index (χ1) is 13.0. The summed E-state index contributed by atoms with van der Waals surface area (Å²) in [7, 11) is 0. The summed E-state index contributed by atoms with van der Waals surface area (Å²) in [5, 5.41) is 11.6. The number of hydrogen-bond acceptors (Lipinski definition) is 6. The van der Waals surface area contributed by atoms with Crippen molar-refractivity contribution in [3.63, 3.8) is 0 Å². The van der Waals surface area contributed by atoms with Crippen LogP contribution < -0.4 is 15.0 Å². The molecular weight excluding hydrogens is 342 g/mol. The Labute approximate surface area is 159 Å². The predicted octanol–water partition coefficient (Wildman–Crippen LogP) is 2.91. The Hall–Kier alpha value is -3.14. The Balaban J connectivity index is 1.61. The molecule has 2 aromatic rings. The molecule has 0 spiro atoms. The van der Waals surface area contributed by atoms with Crippen LogP contribution in [0.1, 0.15) is 31.0 Å². The fourth-order valence-electron chi connectivity index (χ4n) is 3.11. The van der Waals surface area contributed by atoms with Crippen LogP contribution in [0.25, 0.3) is 0 Å². The van der Waals surface area contributed by atoms with E-state index < -0.39 is 0 Å². The molecule has 1 fully saturated rings. The molecule has 0 unspecified atom stereocenters. The lowest BCUT2D eigenvalue weighted by atomic mass is 10.0. The number of carbonyl (C=O) groups excluding carboxylic acids is 1. The van der Waals surface area contributed by atoms with Gasteiger partial charge < -0.3 is 15.0 Å². The molecule has 1 aliphatic rings. The standard InChI is InChI=1S/C20H23N5O2/c1-14-5-4-8-25(12-14)20-22-15(2)9-19(24-20)27-13-18(26)23-17-7-3-6-16(10-17)11-21/h3,6-7,9-10,14H,4-5,8,12-13H2,1-2H3,(H,23,26)/t14-/m0/s1. The number of anilines is 2. The van der Waals surface area contributed by atoms with Gasteiger partial charge in [0.05, 0.1) is 11.6 Å². The summed E-state index contributed by atoms with van der Waals surface area (Å²) >= 11 is 0. The van der Waals surface area contributed by atoms with E-state index in [1.54, 1.807) is 30.3 Å². The summed E-state index contributed by atoms with van der Waals surface area (Å²) in [4.78, 5) is 23.3. The number of carbonyl (C=O) groups is 1. The fraction of sp³-hybridized carbons (Fsp3) is 0.400. The van der Waals surface area contributed by atoms with E-state index in [1.807, 2.05) is 13.0 Å². The smallest absolute Gasteiger partial charge is 0.262 e. The van der Waals surface area contributed by atoms with Gasteiger partial charge in [-0.2, -0.15) is 10.2 Å². The largest absolute Gasteiger partial charge is 0.467 e. The van der Waals surface area contributed by atoms with Crippen LogP contribution in [-0.2, 0) is 4.79 Å². The molecule has 1 atom stereocenters. The number of piperidine rings is 1. The van der Waals surface area contributed by atoms with Crippen molar-refractivity contribution in [2.24, 2.45) is 5.92 Å². The van der Waals surface area contributed by atoms with Crippen molar-refractivity contribution < 1.29 is 9.53 Å². The molecule has 1 amide bonds. The lowest BCUT2D eigenvalue weighted by molar-refractivity contribution is -0.118. The predicted molar refractivity (Wildman–Crippen MR) is 103 cm³/mol. The van der Waals surface area contributed by atoms with Gasteiger partial charge in [0.15, 0.2) is 6.61 Å². The zero-order valence-electron chi connectivity index (χ0n) is 15.6. The van der Waals surface area contributed by atoms with E-state index in [2.05, 4.69) is 27.1 Å². The van der Waals surface area contributed by atoms with Crippen molar-refractivity contribution in [2.45, 2.75) is 26.7 Å². The topological polar surface area (TPSA) is 91.1 Å². The van der Waals surface area contributed by atoms with Crippen LogP contribution in [0.15, 0.2) is 30.3 Å². The van der Waals surface area contributed by atoms with Crippen LogP contribution in [0.3, 0.4) is 0 Å². The number of ether oxygens (including phenoxy) is 1. The number of aryl methyl sites for hydroxylation is 1. The Morgan fingerprint density at radius 2 is 2.26 bits per heavy atom. The van der Waals surface area contributed by atoms with Gasteiger partial charge in [-0.3, -0.25) is 4.79 Å². The highest BCUT2D eigenvalue weighted by Crippen LogP contribution is 2.22. The molecule has 2 heterocycles. The van der Waals surface area contributed by atoms with Gasteiger partial charge in [-0.1, -0.05) is 13.0 Å². The number of nitrogens with zero attached hydrogens (tertiary/aromatic N) is 4. The van der Waals surface area contributed by atoms with Crippen LogP contribution in [0.4, 0.5) is 11.6 Å². The number of rotatable bonds is 5. The zero-order chi connectivity index (χ0) is 19.2. The third-order valence-electron chi connectivity index (χ3n) is 4.39. The molecule has 0 bridgehead atoms. The Bertz CT molecular complexity index is 862. The summed E-state index contributed by atoms with van der Waals surface area (Å²) in [6.07, 6.45) is 2.34. The molecule has 0 radical (unpaired) electrons. The van der Waals surface area contributed by atoms with Crippen LogP contribution in [0.2, 0.25) is 0 Å². The summed E-state index contributed by atoms with van der Waals surface area (Å²) in [5.41, 5.74) is 1.85. The van der Waals surface area contributed by atoms with Crippen LogP contribution in [0.5, 0.6) is 5.88 Å². The number of hydrogen-bond donors (Lipinski definition) is 1. The van der Waals surface area contributed by atoms with Crippen molar-refractivity contribution in [3.05, 3.63) is 41.6 Å². The van der Waals surface area contributed by atoms with Crippen LogP contribution in [0, 0.1) is 24.2 Å². The molecule has 1 aromatic carbocycles. The fourth-order valence-corrected chi connectivity index (χ4v) is 3.11. The highest BCUT2D eigenvalue weighted by Gasteiger charge is 2.19. The van der Waals surface area contributed by atoms with E-state index in [0.717, 1.165) is 25.2 Å². The minimum absolute atomic E-state index is 0.164. The van der Waals surface area contributed by atoms with Crippen LogP contribution in [-0.4, -0.2) is 35.6 Å². The second-order valence-electron chi connectivity index (χ2n) is 6.87. The minimum Gasteiger partial charge on any atom is -0.467 e. The Morgan fingerprint density at radius 3 is 3.04 bits per heavy atom. The molecule has 0 saturated carbocycles. The van der Waals surface area contributed by atoms with E-state index in [1.165, 1.54) is 6.42 Å². The second kappa shape index (κ2) is 8.49. The van der Waals surface area contributed by atoms with Crippen molar-refractivity contribution in [1.82, 2.24) is 9.97 Å². The maximum Gasteiger partial charge on any atom is 0.262 e. The van der Waals surface area contributed by atoms with Gasteiger partial charge in [0.2, 0.25) is 11.8 Å². The minimum atomic E-state index is -0.311. The molecule has 7 heteroatoms. The summed E-state index contributed by atoms with van der Waals surface area (Å²) < 4.78 is 5.58. The van der Waals surface area contributed by atoms with E-state index in [0.29, 0.717) is 29.0 Å².